The number of rotatable bonds is 5. The number of benzene rings is 1. The molecule has 2 rings (SSSR count). The molecule has 0 aliphatic heterocycles. The van der Waals surface area contributed by atoms with Crippen LogP contribution in [0.3, 0.4) is 0 Å². The lowest BCUT2D eigenvalue weighted by Crippen LogP contribution is -2.02. The third kappa shape index (κ3) is 2.66. The van der Waals surface area contributed by atoms with E-state index in [4.69, 9.17) is 9.47 Å². The number of nitrogens with zero attached hydrogens (tertiary/aromatic N) is 2. The van der Waals surface area contributed by atoms with E-state index in [1.165, 1.54) is 0 Å². The molecule has 0 aliphatic carbocycles. The van der Waals surface area contributed by atoms with E-state index >= 15 is 0 Å². The molecular formula is C15H19N3O2. The number of hydrogen-bond acceptors (Lipinski definition) is 5. The van der Waals surface area contributed by atoms with Crippen molar-refractivity contribution >= 4 is 5.82 Å². The number of methoxy groups -OCH3 is 2. The molecule has 20 heavy (non-hydrogen) atoms. The Morgan fingerprint density at radius 3 is 2.20 bits per heavy atom. The number of anilines is 1. The van der Waals surface area contributed by atoms with Gasteiger partial charge in [-0.1, -0.05) is 6.92 Å². The summed E-state index contributed by atoms with van der Waals surface area (Å²) in [7, 11) is 5.13. The van der Waals surface area contributed by atoms with Crippen molar-refractivity contribution in [2.75, 3.05) is 26.6 Å². The van der Waals surface area contributed by atoms with Crippen molar-refractivity contribution in [1.29, 1.82) is 0 Å². The number of nitrogens with one attached hydrogen (secondary N) is 1. The van der Waals surface area contributed by atoms with Gasteiger partial charge in [0.25, 0.3) is 0 Å². The van der Waals surface area contributed by atoms with Crippen LogP contribution in [0.25, 0.3) is 11.3 Å². The summed E-state index contributed by atoms with van der Waals surface area (Å²) in [5.41, 5.74) is 2.92. The van der Waals surface area contributed by atoms with Gasteiger partial charge in [0.1, 0.15) is 23.6 Å². The van der Waals surface area contributed by atoms with Crippen LogP contribution in [0.1, 0.15) is 12.5 Å². The lowest BCUT2D eigenvalue weighted by molar-refractivity contribution is 0.394. The first kappa shape index (κ1) is 14.1. The Bertz CT molecular complexity index is 577. The van der Waals surface area contributed by atoms with E-state index in [0.29, 0.717) is 0 Å². The highest BCUT2D eigenvalue weighted by Crippen LogP contribution is 2.32. The largest absolute Gasteiger partial charge is 0.497 e. The fraction of sp³-hybridized carbons (Fsp3) is 0.333. The minimum absolute atomic E-state index is 0.742. The van der Waals surface area contributed by atoms with Crippen LogP contribution >= 0.6 is 0 Å². The van der Waals surface area contributed by atoms with Gasteiger partial charge in [0.15, 0.2) is 0 Å². The molecule has 2 aromatic rings. The summed E-state index contributed by atoms with van der Waals surface area (Å²) in [5.74, 6) is 2.33. The first-order valence-corrected chi connectivity index (χ1v) is 6.48. The molecule has 0 atom stereocenters. The molecule has 0 unspecified atom stereocenters. The van der Waals surface area contributed by atoms with Gasteiger partial charge >= 0.3 is 0 Å². The Morgan fingerprint density at radius 1 is 1.05 bits per heavy atom. The quantitative estimate of drug-likeness (QED) is 0.907. The third-order valence-corrected chi connectivity index (χ3v) is 3.16. The zero-order valence-electron chi connectivity index (χ0n) is 12.2. The van der Waals surface area contributed by atoms with Crippen molar-refractivity contribution in [3.05, 3.63) is 30.1 Å². The molecule has 0 saturated heterocycles. The molecule has 1 aromatic carbocycles. The number of aromatic nitrogens is 2. The van der Waals surface area contributed by atoms with Gasteiger partial charge in [-0.3, -0.25) is 0 Å². The van der Waals surface area contributed by atoms with E-state index < -0.39 is 0 Å². The lowest BCUT2D eigenvalue weighted by Gasteiger charge is -2.13. The van der Waals surface area contributed by atoms with Crippen molar-refractivity contribution in [2.45, 2.75) is 13.3 Å². The smallest absolute Gasteiger partial charge is 0.132 e. The van der Waals surface area contributed by atoms with Gasteiger partial charge in [-0.05, 0) is 18.6 Å². The summed E-state index contributed by atoms with van der Waals surface area (Å²) >= 11 is 0. The van der Waals surface area contributed by atoms with Crippen LogP contribution < -0.4 is 14.8 Å². The minimum Gasteiger partial charge on any atom is -0.497 e. The lowest BCUT2D eigenvalue weighted by atomic mass is 10.0. The van der Waals surface area contributed by atoms with Crippen LogP contribution in [0.5, 0.6) is 11.5 Å². The first-order valence-electron chi connectivity index (χ1n) is 6.48. The van der Waals surface area contributed by atoms with Crippen LogP contribution in [0.4, 0.5) is 5.82 Å². The average molecular weight is 273 g/mol. The van der Waals surface area contributed by atoms with E-state index in [1.54, 1.807) is 20.5 Å². The number of ether oxygens (including phenoxy) is 2. The van der Waals surface area contributed by atoms with Crippen LogP contribution in [-0.2, 0) is 6.42 Å². The van der Waals surface area contributed by atoms with E-state index in [2.05, 4.69) is 22.2 Å². The maximum atomic E-state index is 5.31. The van der Waals surface area contributed by atoms with E-state index in [1.807, 2.05) is 25.2 Å². The molecule has 1 heterocycles. The molecular weight excluding hydrogens is 254 g/mol. The predicted octanol–water partition coefficient (Wildman–Crippen LogP) is 2.76. The van der Waals surface area contributed by atoms with Gasteiger partial charge in [-0.15, -0.1) is 0 Å². The Morgan fingerprint density at radius 2 is 1.70 bits per heavy atom. The molecule has 0 saturated carbocycles. The Labute approximate surface area is 119 Å². The van der Waals surface area contributed by atoms with Crippen molar-refractivity contribution in [2.24, 2.45) is 0 Å². The molecule has 0 bridgehead atoms. The monoisotopic (exact) mass is 273 g/mol. The summed E-state index contributed by atoms with van der Waals surface area (Å²) in [6.45, 7) is 2.08. The Balaban J connectivity index is 2.61. The van der Waals surface area contributed by atoms with Gasteiger partial charge in [0, 0.05) is 24.2 Å². The van der Waals surface area contributed by atoms with Crippen LogP contribution in [0, 0.1) is 0 Å². The fourth-order valence-corrected chi connectivity index (χ4v) is 2.16. The van der Waals surface area contributed by atoms with Crippen LogP contribution in [0.2, 0.25) is 0 Å². The topological polar surface area (TPSA) is 56.3 Å². The maximum Gasteiger partial charge on any atom is 0.132 e. The van der Waals surface area contributed by atoms with Crippen LogP contribution in [0.15, 0.2) is 24.5 Å². The molecule has 106 valence electrons. The maximum absolute atomic E-state index is 5.31. The summed E-state index contributed by atoms with van der Waals surface area (Å²) in [6, 6.07) is 5.74. The average Bonchev–Trinajstić information content (AvgIpc) is 2.53. The summed E-state index contributed by atoms with van der Waals surface area (Å²) in [4.78, 5) is 8.67. The summed E-state index contributed by atoms with van der Waals surface area (Å²) in [5, 5.41) is 3.10. The molecule has 0 fully saturated rings. The number of hydrogen-bond donors (Lipinski definition) is 1. The highest BCUT2D eigenvalue weighted by atomic mass is 16.5. The summed E-state index contributed by atoms with van der Waals surface area (Å²) in [6.07, 6.45) is 2.40. The predicted molar refractivity (Wildman–Crippen MR) is 79.5 cm³/mol. The minimum atomic E-state index is 0.742. The standard InChI is InChI=1S/C15H19N3O2/c1-5-13-14(17-9-18-15(13)16-2)10-6-11(19-3)8-12(7-10)20-4/h6-9H,5H2,1-4H3,(H,16,17,18). The van der Waals surface area contributed by atoms with Gasteiger partial charge in [0.2, 0.25) is 0 Å². The second-order valence-corrected chi connectivity index (χ2v) is 4.25. The second-order valence-electron chi connectivity index (χ2n) is 4.25. The molecule has 5 nitrogen and oxygen atoms in total. The molecule has 5 heteroatoms. The van der Waals surface area contributed by atoms with E-state index in [9.17, 15) is 0 Å². The van der Waals surface area contributed by atoms with Gasteiger partial charge in [-0.25, -0.2) is 9.97 Å². The second kappa shape index (κ2) is 6.23. The highest BCUT2D eigenvalue weighted by Gasteiger charge is 2.13. The van der Waals surface area contributed by atoms with Gasteiger partial charge in [-0.2, -0.15) is 0 Å². The Hall–Kier alpha value is -2.30. The molecule has 0 radical (unpaired) electrons. The van der Waals surface area contributed by atoms with Gasteiger partial charge < -0.3 is 14.8 Å². The van der Waals surface area contributed by atoms with E-state index in [-0.39, 0.29) is 0 Å². The van der Waals surface area contributed by atoms with Crippen molar-refractivity contribution in [3.63, 3.8) is 0 Å². The molecule has 1 N–H and O–H groups in total. The first-order chi connectivity index (χ1) is 9.73. The van der Waals surface area contributed by atoms with Crippen LogP contribution in [-0.4, -0.2) is 31.2 Å². The Kier molecular flexibility index (Phi) is 4.40. The zero-order valence-corrected chi connectivity index (χ0v) is 12.2. The summed E-state index contributed by atoms with van der Waals surface area (Å²) < 4.78 is 10.6. The fourth-order valence-electron chi connectivity index (χ4n) is 2.16. The van der Waals surface area contributed by atoms with Gasteiger partial charge in [0.05, 0.1) is 19.9 Å². The molecule has 1 aromatic heterocycles. The SMILES string of the molecule is CCc1c(NC)ncnc1-c1cc(OC)cc(OC)c1. The van der Waals surface area contributed by atoms with Crippen molar-refractivity contribution in [1.82, 2.24) is 9.97 Å². The van der Waals surface area contributed by atoms with E-state index in [0.717, 1.165) is 40.6 Å². The van der Waals surface area contributed by atoms with Crippen molar-refractivity contribution < 1.29 is 9.47 Å². The third-order valence-electron chi connectivity index (χ3n) is 3.16. The normalized spacial score (nSPS) is 10.2. The zero-order chi connectivity index (χ0) is 14.5. The molecule has 0 aliphatic rings. The molecule has 0 amide bonds. The highest BCUT2D eigenvalue weighted by molar-refractivity contribution is 5.70. The van der Waals surface area contributed by atoms with Crippen molar-refractivity contribution in [3.8, 4) is 22.8 Å². The molecule has 0 spiro atoms.